The Hall–Kier alpha value is -1.23. The number of nitrogens with two attached hydrogens (primary N) is 1. The maximum atomic E-state index is 6.16. The van der Waals surface area contributed by atoms with E-state index in [1.165, 1.54) is 11.1 Å². The number of nitrogens with zero attached hydrogens (tertiary/aromatic N) is 1. The fraction of sp³-hybridized carbons (Fsp3) is 0.357. The summed E-state index contributed by atoms with van der Waals surface area (Å²) in [4.78, 5) is 4.47. The maximum Gasteiger partial charge on any atom is 0.0897 e. The van der Waals surface area contributed by atoms with Gasteiger partial charge >= 0.3 is 0 Å². The third-order valence-electron chi connectivity index (χ3n) is 3.46. The molecule has 1 heterocycles. The van der Waals surface area contributed by atoms with E-state index in [1.54, 1.807) is 11.3 Å². The topological polar surface area (TPSA) is 50.9 Å². The molecule has 18 heavy (non-hydrogen) atoms. The van der Waals surface area contributed by atoms with Gasteiger partial charge in [0.05, 0.1) is 10.7 Å². The summed E-state index contributed by atoms with van der Waals surface area (Å²) < 4.78 is 0. The van der Waals surface area contributed by atoms with Gasteiger partial charge in [-0.2, -0.15) is 0 Å². The van der Waals surface area contributed by atoms with Crippen LogP contribution in [0, 0.1) is 6.92 Å². The van der Waals surface area contributed by atoms with Gasteiger partial charge in [-0.15, -0.1) is 11.3 Å². The fourth-order valence-corrected chi connectivity index (χ4v) is 3.20. The lowest BCUT2D eigenvalue weighted by Crippen LogP contribution is -2.19. The molecule has 0 radical (unpaired) electrons. The van der Waals surface area contributed by atoms with Crippen molar-refractivity contribution >= 4 is 11.3 Å². The summed E-state index contributed by atoms with van der Waals surface area (Å²) in [5.74, 6) is 0. The largest absolute Gasteiger partial charge is 0.324 e. The van der Waals surface area contributed by atoms with Crippen molar-refractivity contribution in [2.45, 2.75) is 32.0 Å². The van der Waals surface area contributed by atoms with Crippen LogP contribution in [0.4, 0.5) is 0 Å². The number of benzene rings is 1. The molecule has 2 atom stereocenters. The monoisotopic (exact) mass is 259 g/mol. The summed E-state index contributed by atoms with van der Waals surface area (Å²) in [6.45, 7) is 2.85. The second-order valence-corrected chi connectivity index (χ2v) is 5.82. The van der Waals surface area contributed by atoms with E-state index in [-0.39, 0.29) is 6.04 Å². The zero-order chi connectivity index (χ0) is 12.5. The summed E-state index contributed by atoms with van der Waals surface area (Å²) in [5, 5.41) is 6.80. The van der Waals surface area contributed by atoms with Crippen molar-refractivity contribution in [3.63, 3.8) is 0 Å². The molecular formula is C14H17N3S. The number of hydrogen-bond acceptors (Lipinski definition) is 4. The third kappa shape index (κ3) is 2.19. The van der Waals surface area contributed by atoms with Crippen molar-refractivity contribution in [2.75, 3.05) is 0 Å². The van der Waals surface area contributed by atoms with E-state index in [2.05, 4.69) is 39.9 Å². The molecule has 0 saturated heterocycles. The summed E-state index contributed by atoms with van der Waals surface area (Å²) in [5.41, 5.74) is 9.90. The van der Waals surface area contributed by atoms with E-state index in [9.17, 15) is 0 Å². The maximum absolute atomic E-state index is 6.16. The van der Waals surface area contributed by atoms with Gasteiger partial charge in [0.25, 0.3) is 0 Å². The van der Waals surface area contributed by atoms with E-state index in [0.717, 1.165) is 23.7 Å². The zero-order valence-corrected chi connectivity index (χ0v) is 11.2. The molecule has 1 aliphatic rings. The van der Waals surface area contributed by atoms with Crippen molar-refractivity contribution in [1.82, 2.24) is 10.3 Å². The third-order valence-corrected chi connectivity index (χ3v) is 4.28. The van der Waals surface area contributed by atoms with E-state index < -0.39 is 0 Å². The van der Waals surface area contributed by atoms with Gasteiger partial charge in [0.2, 0.25) is 0 Å². The predicted octanol–water partition coefficient (Wildman–Crippen LogP) is 2.69. The number of aromatic nitrogens is 1. The highest BCUT2D eigenvalue weighted by Crippen LogP contribution is 2.36. The van der Waals surface area contributed by atoms with Crippen LogP contribution in [0.25, 0.3) is 0 Å². The minimum absolute atomic E-state index is 0.163. The molecule has 0 aliphatic heterocycles. The van der Waals surface area contributed by atoms with Gasteiger partial charge in [0, 0.05) is 24.0 Å². The normalized spacial score (nSPS) is 22.1. The minimum Gasteiger partial charge on any atom is -0.324 e. The number of fused-ring (bicyclic) bond motifs is 1. The molecule has 4 heteroatoms. The van der Waals surface area contributed by atoms with E-state index in [4.69, 9.17) is 5.73 Å². The van der Waals surface area contributed by atoms with Crippen LogP contribution in [-0.4, -0.2) is 4.98 Å². The average Bonchev–Trinajstić information content (AvgIpc) is 2.92. The first-order chi connectivity index (χ1) is 8.74. The molecule has 0 amide bonds. The fourth-order valence-electron chi connectivity index (χ4n) is 2.58. The summed E-state index contributed by atoms with van der Waals surface area (Å²) in [6.07, 6.45) is 0.975. The highest BCUT2D eigenvalue weighted by atomic mass is 32.1. The van der Waals surface area contributed by atoms with E-state index in [0.29, 0.717) is 6.04 Å². The Balaban J connectivity index is 1.72. The second kappa shape index (κ2) is 4.80. The van der Waals surface area contributed by atoms with Gasteiger partial charge in [-0.25, -0.2) is 4.98 Å². The molecule has 3 N–H and O–H groups in total. The first-order valence-electron chi connectivity index (χ1n) is 6.23. The molecule has 0 spiro atoms. The number of nitrogens with one attached hydrogen (secondary N) is 1. The van der Waals surface area contributed by atoms with Crippen molar-refractivity contribution in [3.05, 3.63) is 51.5 Å². The Labute approximate surface area is 111 Å². The van der Waals surface area contributed by atoms with Crippen molar-refractivity contribution in [1.29, 1.82) is 0 Å². The lowest BCUT2D eigenvalue weighted by atomic mass is 10.1. The van der Waals surface area contributed by atoms with Crippen LogP contribution in [0.5, 0.6) is 0 Å². The van der Waals surface area contributed by atoms with Gasteiger partial charge in [-0.1, -0.05) is 24.3 Å². The van der Waals surface area contributed by atoms with Crippen LogP contribution in [0.15, 0.2) is 29.6 Å². The Morgan fingerprint density at radius 2 is 2.17 bits per heavy atom. The molecule has 2 aromatic rings. The highest BCUT2D eigenvalue weighted by molar-refractivity contribution is 7.09. The van der Waals surface area contributed by atoms with Crippen LogP contribution >= 0.6 is 11.3 Å². The molecule has 0 saturated carbocycles. The molecule has 0 bridgehead atoms. The molecule has 3 nitrogen and oxygen atoms in total. The summed E-state index contributed by atoms with van der Waals surface area (Å²) >= 11 is 1.70. The number of thiazole rings is 1. The van der Waals surface area contributed by atoms with Crippen molar-refractivity contribution in [3.8, 4) is 0 Å². The first-order valence-corrected chi connectivity index (χ1v) is 7.11. The van der Waals surface area contributed by atoms with Gasteiger partial charge in [0.15, 0.2) is 0 Å². The van der Waals surface area contributed by atoms with Gasteiger partial charge in [-0.3, -0.25) is 0 Å². The summed E-state index contributed by atoms with van der Waals surface area (Å²) in [7, 11) is 0. The molecule has 1 aromatic heterocycles. The van der Waals surface area contributed by atoms with Crippen molar-refractivity contribution in [2.24, 2.45) is 5.73 Å². The Morgan fingerprint density at radius 1 is 1.39 bits per heavy atom. The Morgan fingerprint density at radius 3 is 2.89 bits per heavy atom. The molecule has 94 valence electrons. The molecule has 0 fully saturated rings. The van der Waals surface area contributed by atoms with Gasteiger partial charge in [-0.05, 0) is 24.5 Å². The first kappa shape index (κ1) is 11.8. The predicted molar refractivity (Wildman–Crippen MR) is 74.4 cm³/mol. The molecule has 1 aliphatic carbocycles. The number of aryl methyl sites for hydroxylation is 1. The molecule has 3 rings (SSSR count). The minimum atomic E-state index is 0.163. The summed E-state index contributed by atoms with van der Waals surface area (Å²) in [6, 6.07) is 8.97. The van der Waals surface area contributed by atoms with Crippen LogP contribution in [0.3, 0.4) is 0 Å². The van der Waals surface area contributed by atoms with Gasteiger partial charge < -0.3 is 11.1 Å². The van der Waals surface area contributed by atoms with Crippen LogP contribution in [0.1, 0.15) is 40.3 Å². The molecular weight excluding hydrogens is 242 g/mol. The standard InChI is InChI=1S/C14H17N3S/c1-9-17-10(8-18-9)7-16-14-6-13(15)11-4-2-3-5-12(11)14/h2-5,8,13-14,16H,6-7,15H2,1H3. The second-order valence-electron chi connectivity index (χ2n) is 4.76. The van der Waals surface area contributed by atoms with Crippen LogP contribution < -0.4 is 11.1 Å². The molecule has 2 unspecified atom stereocenters. The van der Waals surface area contributed by atoms with Crippen LogP contribution in [-0.2, 0) is 6.54 Å². The quantitative estimate of drug-likeness (QED) is 0.891. The Kier molecular flexibility index (Phi) is 3.16. The van der Waals surface area contributed by atoms with E-state index >= 15 is 0 Å². The van der Waals surface area contributed by atoms with Gasteiger partial charge in [0.1, 0.15) is 0 Å². The van der Waals surface area contributed by atoms with Crippen molar-refractivity contribution < 1.29 is 0 Å². The molecule has 1 aromatic carbocycles. The number of rotatable bonds is 3. The lowest BCUT2D eigenvalue weighted by molar-refractivity contribution is 0.495. The highest BCUT2D eigenvalue weighted by Gasteiger charge is 2.27. The average molecular weight is 259 g/mol. The number of hydrogen-bond donors (Lipinski definition) is 2. The zero-order valence-electron chi connectivity index (χ0n) is 10.4. The smallest absolute Gasteiger partial charge is 0.0897 e. The Bertz CT molecular complexity index is 549. The van der Waals surface area contributed by atoms with E-state index in [1.807, 2.05) is 6.92 Å². The lowest BCUT2D eigenvalue weighted by Gasteiger charge is -2.12. The SMILES string of the molecule is Cc1nc(CNC2CC(N)c3ccccc32)cs1. The van der Waals surface area contributed by atoms with Crippen LogP contribution in [0.2, 0.25) is 0 Å².